The number of carbonyl (C=O) groups excluding carboxylic acids is 3. The number of amides is 3. The number of hydrogen-bond acceptors (Lipinski definition) is 5. The molecule has 1 heterocycles. The normalized spacial score (nSPS) is 16.5. The summed E-state index contributed by atoms with van der Waals surface area (Å²) in [7, 11) is 0. The summed E-state index contributed by atoms with van der Waals surface area (Å²) in [6.45, 7) is 6.51. The van der Waals surface area contributed by atoms with Crippen LogP contribution in [0.2, 0.25) is 5.02 Å². The molecule has 0 radical (unpaired) electrons. The molecule has 5 aromatic rings. The molecule has 1 saturated heterocycles. The van der Waals surface area contributed by atoms with Crippen LogP contribution in [0, 0.1) is 12.8 Å². The SMILES string of the molecule is Cc1ccc(C(ONC(=O)[C@H](CC(C)C)NC(=O)[C@@H]2CCCN2C(=O)OCC2c3ccccc3-c3ccccc32)(c2ccccc2)c2ccccc2Cl)cc1. The highest BCUT2D eigenvalue weighted by Crippen LogP contribution is 2.45. The Morgan fingerprint density at radius 3 is 2.05 bits per heavy atom. The molecule has 0 bridgehead atoms. The van der Waals surface area contributed by atoms with Crippen LogP contribution in [0.3, 0.4) is 0 Å². The fraction of sp³-hybridized carbons (Fsp3) is 0.283. The first-order valence-corrected chi connectivity index (χ1v) is 19.3. The molecule has 8 nitrogen and oxygen atoms in total. The van der Waals surface area contributed by atoms with Gasteiger partial charge in [-0.2, -0.15) is 0 Å². The van der Waals surface area contributed by atoms with E-state index in [0.717, 1.165) is 38.9 Å². The zero-order chi connectivity index (χ0) is 38.5. The monoisotopic (exact) mass is 755 g/mol. The Balaban J connectivity index is 1.09. The molecule has 1 aliphatic heterocycles. The van der Waals surface area contributed by atoms with Crippen LogP contribution in [0.5, 0.6) is 0 Å². The Morgan fingerprint density at radius 1 is 0.800 bits per heavy atom. The number of hydroxylamine groups is 1. The number of aryl methyl sites for hydroxylation is 1. The van der Waals surface area contributed by atoms with E-state index in [0.29, 0.717) is 36.4 Å². The molecule has 3 amide bonds. The maximum absolute atomic E-state index is 14.2. The largest absolute Gasteiger partial charge is 0.448 e. The predicted molar refractivity (Wildman–Crippen MR) is 214 cm³/mol. The summed E-state index contributed by atoms with van der Waals surface area (Å²) in [6, 6.07) is 39.5. The number of benzene rings is 5. The van der Waals surface area contributed by atoms with E-state index in [2.05, 4.69) is 35.1 Å². The van der Waals surface area contributed by atoms with E-state index in [-0.39, 0.29) is 18.4 Å². The quantitative estimate of drug-likeness (QED) is 0.0980. The lowest BCUT2D eigenvalue weighted by Gasteiger charge is -2.36. The summed E-state index contributed by atoms with van der Waals surface area (Å²) in [4.78, 5) is 49.9. The number of carbonyl (C=O) groups is 3. The maximum atomic E-state index is 14.2. The van der Waals surface area contributed by atoms with Crippen molar-refractivity contribution in [1.82, 2.24) is 15.7 Å². The van der Waals surface area contributed by atoms with Crippen molar-refractivity contribution in [2.45, 2.75) is 63.6 Å². The number of ether oxygens (including phenoxy) is 1. The molecular weight excluding hydrogens is 710 g/mol. The Morgan fingerprint density at radius 2 is 1.40 bits per heavy atom. The first kappa shape index (κ1) is 37.9. The van der Waals surface area contributed by atoms with E-state index in [1.807, 2.05) is 118 Å². The molecule has 5 aromatic carbocycles. The molecule has 3 atom stereocenters. The van der Waals surface area contributed by atoms with Crippen molar-refractivity contribution in [1.29, 1.82) is 0 Å². The van der Waals surface area contributed by atoms with Crippen molar-refractivity contribution in [2.75, 3.05) is 13.2 Å². The average molecular weight is 756 g/mol. The summed E-state index contributed by atoms with van der Waals surface area (Å²) in [5.74, 6) is -0.977. The van der Waals surface area contributed by atoms with Gasteiger partial charge in [0.05, 0.1) is 0 Å². The van der Waals surface area contributed by atoms with Gasteiger partial charge in [-0.25, -0.2) is 10.3 Å². The zero-order valence-corrected chi connectivity index (χ0v) is 32.1. The molecule has 282 valence electrons. The Labute approximate surface area is 327 Å². The molecule has 0 spiro atoms. The van der Waals surface area contributed by atoms with Crippen LogP contribution in [0.15, 0.2) is 127 Å². The van der Waals surface area contributed by atoms with E-state index >= 15 is 0 Å². The number of likely N-dealkylation sites (tertiary alicyclic amines) is 1. The van der Waals surface area contributed by atoms with E-state index in [9.17, 15) is 14.4 Å². The van der Waals surface area contributed by atoms with Gasteiger partial charge in [0.15, 0.2) is 5.60 Å². The van der Waals surface area contributed by atoms with Gasteiger partial charge in [0.25, 0.3) is 5.91 Å². The smallest absolute Gasteiger partial charge is 0.410 e. The van der Waals surface area contributed by atoms with Crippen LogP contribution in [0.4, 0.5) is 4.79 Å². The second-order valence-electron chi connectivity index (χ2n) is 14.8. The van der Waals surface area contributed by atoms with Gasteiger partial charge in [-0.15, -0.1) is 0 Å². The van der Waals surface area contributed by atoms with Gasteiger partial charge in [0, 0.05) is 23.0 Å². The molecule has 0 aromatic heterocycles. The van der Waals surface area contributed by atoms with E-state index in [1.54, 1.807) is 6.07 Å². The van der Waals surface area contributed by atoms with Crippen molar-refractivity contribution in [3.63, 3.8) is 0 Å². The molecule has 55 heavy (non-hydrogen) atoms. The first-order valence-electron chi connectivity index (χ1n) is 18.9. The van der Waals surface area contributed by atoms with Crippen LogP contribution >= 0.6 is 11.6 Å². The predicted octanol–water partition coefficient (Wildman–Crippen LogP) is 8.93. The highest BCUT2D eigenvalue weighted by molar-refractivity contribution is 6.31. The van der Waals surface area contributed by atoms with Crippen molar-refractivity contribution >= 4 is 29.5 Å². The van der Waals surface area contributed by atoms with Crippen molar-refractivity contribution < 1.29 is 24.0 Å². The highest BCUT2D eigenvalue weighted by atomic mass is 35.5. The topological polar surface area (TPSA) is 97.0 Å². The fourth-order valence-electron chi connectivity index (χ4n) is 7.96. The number of rotatable bonds is 12. The van der Waals surface area contributed by atoms with Crippen molar-refractivity contribution in [2.24, 2.45) is 5.92 Å². The summed E-state index contributed by atoms with van der Waals surface area (Å²) < 4.78 is 5.94. The Hall–Kier alpha value is -5.44. The minimum Gasteiger partial charge on any atom is -0.448 e. The molecule has 1 unspecified atom stereocenters. The molecular formula is C46H46ClN3O5. The second kappa shape index (κ2) is 16.5. The van der Waals surface area contributed by atoms with E-state index in [1.165, 1.54) is 4.90 Å². The zero-order valence-electron chi connectivity index (χ0n) is 31.3. The lowest BCUT2D eigenvalue weighted by molar-refractivity contribution is -0.148. The fourth-order valence-corrected chi connectivity index (χ4v) is 8.23. The number of fused-ring (bicyclic) bond motifs is 3. The number of hydrogen-bond donors (Lipinski definition) is 2. The molecule has 1 aliphatic carbocycles. The highest BCUT2D eigenvalue weighted by Gasteiger charge is 2.42. The van der Waals surface area contributed by atoms with E-state index in [4.69, 9.17) is 21.2 Å². The minimum atomic E-state index is -1.33. The standard InChI is InChI=1S/C46H46ClN3O5/c1-30(2)28-41(43(51)49-55-46(32-14-5-4-6-15-32,33-25-23-31(3)24-26-33)39-20-11-12-21-40(39)47)48-44(52)42-22-13-27-50(42)45(53)54-29-38-36-18-9-7-16-34(36)35-17-8-10-19-37(35)38/h4-12,14-21,23-26,30,38,41-42H,13,22,27-29H2,1-3H3,(H,48,52)(H,49,51)/t41-,42-,46?/m0/s1. The van der Waals surface area contributed by atoms with Crippen LogP contribution < -0.4 is 10.8 Å². The van der Waals surface area contributed by atoms with Gasteiger partial charge in [-0.05, 0) is 71.6 Å². The third-order valence-corrected chi connectivity index (χ3v) is 11.0. The molecule has 7 rings (SSSR count). The number of halogens is 1. The van der Waals surface area contributed by atoms with E-state index < -0.39 is 35.6 Å². The van der Waals surface area contributed by atoms with Crippen molar-refractivity contribution in [3.8, 4) is 11.1 Å². The van der Waals surface area contributed by atoms with Gasteiger partial charge in [0.2, 0.25) is 5.91 Å². The Bertz CT molecular complexity index is 2110. The minimum absolute atomic E-state index is 0.0532. The summed E-state index contributed by atoms with van der Waals surface area (Å²) in [5, 5.41) is 3.43. The van der Waals surface area contributed by atoms with Crippen LogP contribution in [0.25, 0.3) is 11.1 Å². The van der Waals surface area contributed by atoms with Gasteiger partial charge < -0.3 is 10.1 Å². The molecule has 2 aliphatic rings. The van der Waals surface area contributed by atoms with Gasteiger partial charge in [0.1, 0.15) is 18.7 Å². The lowest BCUT2D eigenvalue weighted by atomic mass is 9.80. The van der Waals surface area contributed by atoms with Crippen molar-refractivity contribution in [3.05, 3.63) is 166 Å². The maximum Gasteiger partial charge on any atom is 0.410 e. The molecule has 2 N–H and O–H groups in total. The number of nitrogens with one attached hydrogen (secondary N) is 2. The van der Waals surface area contributed by atoms with Crippen LogP contribution in [0.1, 0.15) is 72.4 Å². The van der Waals surface area contributed by atoms with Crippen LogP contribution in [-0.4, -0.2) is 48.0 Å². The first-order chi connectivity index (χ1) is 26.7. The summed E-state index contributed by atoms with van der Waals surface area (Å²) >= 11 is 6.88. The summed E-state index contributed by atoms with van der Waals surface area (Å²) in [5.41, 5.74) is 9.14. The molecule has 0 saturated carbocycles. The molecule has 9 heteroatoms. The van der Waals surface area contributed by atoms with Gasteiger partial charge in [-0.1, -0.05) is 152 Å². The average Bonchev–Trinajstić information content (AvgIpc) is 3.82. The lowest BCUT2D eigenvalue weighted by Crippen LogP contribution is -2.54. The molecule has 1 fully saturated rings. The van der Waals surface area contributed by atoms with Gasteiger partial charge >= 0.3 is 6.09 Å². The second-order valence-corrected chi connectivity index (χ2v) is 15.2. The third-order valence-electron chi connectivity index (χ3n) is 10.7. The third kappa shape index (κ3) is 7.75. The Kier molecular flexibility index (Phi) is 11.4. The van der Waals surface area contributed by atoms with Crippen LogP contribution in [-0.2, 0) is 24.8 Å². The van der Waals surface area contributed by atoms with Gasteiger partial charge in [-0.3, -0.25) is 19.3 Å². The number of nitrogens with zero attached hydrogens (tertiary/aromatic N) is 1. The summed E-state index contributed by atoms with van der Waals surface area (Å²) in [6.07, 6.45) is 0.895.